The lowest BCUT2D eigenvalue weighted by Crippen LogP contribution is -2.46. The summed E-state index contributed by atoms with van der Waals surface area (Å²) >= 11 is 0. The van der Waals surface area contributed by atoms with Crippen LogP contribution in [0.3, 0.4) is 0 Å². The molecular weight excluding hydrogens is 317 g/mol. The fourth-order valence-electron chi connectivity index (χ4n) is 2.67. The molecule has 8 heteroatoms. The molecule has 124 valence electrons. The maximum Gasteiger partial charge on any atom is 0.501 e. The van der Waals surface area contributed by atoms with E-state index in [1.54, 1.807) is 6.07 Å². The van der Waals surface area contributed by atoms with Crippen molar-refractivity contribution in [3.63, 3.8) is 0 Å². The molecule has 22 heavy (non-hydrogen) atoms. The van der Waals surface area contributed by atoms with E-state index in [4.69, 9.17) is 0 Å². The summed E-state index contributed by atoms with van der Waals surface area (Å²) in [4.78, 5) is 3.52. The van der Waals surface area contributed by atoms with Gasteiger partial charge in [0.05, 0.1) is 4.90 Å². The third kappa shape index (κ3) is 3.08. The second-order valence-electron chi connectivity index (χ2n) is 5.27. The number of sulfone groups is 1. The maximum absolute atomic E-state index is 12.8. The molecule has 0 saturated carbocycles. The minimum atomic E-state index is -5.32. The summed E-state index contributed by atoms with van der Waals surface area (Å²) in [7, 11) is -5.32. The maximum atomic E-state index is 12.8. The summed E-state index contributed by atoms with van der Waals surface area (Å²) in [6, 6.07) is 4.06. The SMILES string of the molecule is CCN1CCN(c2cccc(S(=O)(=O)C(F)(F)F)c2C)CC1. The second-order valence-corrected chi connectivity index (χ2v) is 7.18. The van der Waals surface area contributed by atoms with Crippen molar-refractivity contribution in [2.45, 2.75) is 24.3 Å². The Hall–Kier alpha value is -1.28. The highest BCUT2D eigenvalue weighted by Gasteiger charge is 2.47. The third-order valence-electron chi connectivity index (χ3n) is 4.01. The number of benzene rings is 1. The summed E-state index contributed by atoms with van der Waals surface area (Å²) in [6.07, 6.45) is 0. The minimum absolute atomic E-state index is 0.157. The number of likely N-dealkylation sites (N-methyl/N-ethyl adjacent to an activating group) is 1. The van der Waals surface area contributed by atoms with Crippen molar-refractivity contribution in [3.05, 3.63) is 23.8 Å². The van der Waals surface area contributed by atoms with Gasteiger partial charge in [0.1, 0.15) is 0 Å². The molecule has 0 N–H and O–H groups in total. The van der Waals surface area contributed by atoms with Gasteiger partial charge in [-0.15, -0.1) is 0 Å². The van der Waals surface area contributed by atoms with Gasteiger partial charge in [0, 0.05) is 31.9 Å². The van der Waals surface area contributed by atoms with Gasteiger partial charge in [-0.05, 0) is 31.2 Å². The molecule has 4 nitrogen and oxygen atoms in total. The molecular formula is C14H19F3N2O2S. The summed E-state index contributed by atoms with van der Waals surface area (Å²) in [5.41, 5.74) is -4.57. The lowest BCUT2D eigenvalue weighted by Gasteiger charge is -2.36. The number of hydrogen-bond acceptors (Lipinski definition) is 4. The number of alkyl halides is 3. The highest BCUT2D eigenvalue weighted by molar-refractivity contribution is 7.92. The molecule has 0 atom stereocenters. The van der Waals surface area contributed by atoms with Gasteiger partial charge >= 0.3 is 5.51 Å². The molecule has 0 aliphatic carbocycles. The van der Waals surface area contributed by atoms with Crippen molar-refractivity contribution >= 4 is 15.5 Å². The average Bonchev–Trinajstić information content (AvgIpc) is 2.46. The van der Waals surface area contributed by atoms with Crippen molar-refractivity contribution in [1.82, 2.24) is 4.90 Å². The van der Waals surface area contributed by atoms with Crippen molar-refractivity contribution in [2.75, 3.05) is 37.6 Å². The summed E-state index contributed by atoms with van der Waals surface area (Å²) in [6.45, 7) is 7.37. The number of anilines is 1. The number of rotatable bonds is 3. The monoisotopic (exact) mass is 336 g/mol. The number of hydrogen-bond donors (Lipinski definition) is 0. The molecule has 2 rings (SSSR count). The van der Waals surface area contributed by atoms with Gasteiger partial charge in [-0.1, -0.05) is 13.0 Å². The van der Waals surface area contributed by atoms with Crippen LogP contribution in [0.25, 0.3) is 0 Å². The lowest BCUT2D eigenvalue weighted by molar-refractivity contribution is -0.0436. The van der Waals surface area contributed by atoms with Gasteiger partial charge in [-0.2, -0.15) is 13.2 Å². The first-order valence-electron chi connectivity index (χ1n) is 7.06. The van der Waals surface area contributed by atoms with Gasteiger partial charge in [0.15, 0.2) is 0 Å². The van der Waals surface area contributed by atoms with Gasteiger partial charge < -0.3 is 9.80 Å². The molecule has 0 radical (unpaired) electrons. The molecule has 1 fully saturated rings. The van der Waals surface area contributed by atoms with Crippen molar-refractivity contribution in [3.8, 4) is 0 Å². The van der Waals surface area contributed by atoms with Crippen LogP contribution in [0.15, 0.2) is 23.1 Å². The largest absolute Gasteiger partial charge is 0.501 e. The van der Waals surface area contributed by atoms with Crippen LogP contribution in [0.5, 0.6) is 0 Å². The quantitative estimate of drug-likeness (QED) is 0.850. The Morgan fingerprint density at radius 3 is 2.23 bits per heavy atom. The minimum Gasteiger partial charge on any atom is -0.369 e. The molecule has 0 aromatic heterocycles. The van der Waals surface area contributed by atoms with Crippen LogP contribution >= 0.6 is 0 Å². The number of nitrogens with zero attached hydrogens (tertiary/aromatic N) is 2. The topological polar surface area (TPSA) is 40.6 Å². The molecule has 1 aliphatic rings. The molecule has 0 spiro atoms. The first kappa shape index (κ1) is 17.1. The first-order chi connectivity index (χ1) is 10.2. The third-order valence-corrected chi connectivity index (χ3v) is 5.64. The lowest BCUT2D eigenvalue weighted by atomic mass is 10.1. The van der Waals surface area contributed by atoms with Crippen LogP contribution in [0, 0.1) is 6.92 Å². The first-order valence-corrected chi connectivity index (χ1v) is 8.55. The summed E-state index contributed by atoms with van der Waals surface area (Å²) < 4.78 is 61.6. The van der Waals surface area contributed by atoms with Gasteiger partial charge in [0.25, 0.3) is 9.84 Å². The normalized spacial score (nSPS) is 17.8. The van der Waals surface area contributed by atoms with Gasteiger partial charge in [-0.3, -0.25) is 0 Å². The van der Waals surface area contributed by atoms with E-state index in [1.807, 2.05) is 4.90 Å². The molecule has 1 aromatic rings. The van der Waals surface area contributed by atoms with E-state index in [0.717, 1.165) is 25.7 Å². The molecule has 1 saturated heterocycles. The zero-order valence-corrected chi connectivity index (χ0v) is 13.3. The summed E-state index contributed by atoms with van der Waals surface area (Å²) in [5.74, 6) is 0. The van der Waals surface area contributed by atoms with E-state index in [1.165, 1.54) is 13.0 Å². The van der Waals surface area contributed by atoms with Crippen molar-refractivity contribution < 1.29 is 21.6 Å². The van der Waals surface area contributed by atoms with Crippen LogP contribution < -0.4 is 4.90 Å². The van der Waals surface area contributed by atoms with Crippen LogP contribution in [0.2, 0.25) is 0 Å². The van der Waals surface area contributed by atoms with Crippen LogP contribution in [0.1, 0.15) is 12.5 Å². The zero-order chi connectivity index (χ0) is 16.5. The Morgan fingerprint density at radius 2 is 1.73 bits per heavy atom. The number of halogens is 3. The van der Waals surface area contributed by atoms with E-state index in [9.17, 15) is 21.6 Å². The van der Waals surface area contributed by atoms with Crippen LogP contribution in [0.4, 0.5) is 18.9 Å². The molecule has 0 bridgehead atoms. The zero-order valence-electron chi connectivity index (χ0n) is 12.5. The predicted octanol–water partition coefficient (Wildman–Crippen LogP) is 2.43. The Bertz CT molecular complexity index is 636. The second kappa shape index (κ2) is 6.08. The van der Waals surface area contributed by atoms with Crippen LogP contribution in [-0.2, 0) is 9.84 Å². The molecule has 1 aromatic carbocycles. The van der Waals surface area contributed by atoms with E-state index >= 15 is 0 Å². The van der Waals surface area contributed by atoms with E-state index in [-0.39, 0.29) is 5.56 Å². The highest BCUT2D eigenvalue weighted by atomic mass is 32.2. The standard InChI is InChI=1S/C14H19F3N2O2S/c1-3-18-7-9-19(10-8-18)12-5-4-6-13(11(12)2)22(20,21)14(15,16)17/h4-6H,3,7-10H2,1-2H3. The van der Waals surface area contributed by atoms with Gasteiger partial charge in [-0.25, -0.2) is 8.42 Å². The molecule has 1 heterocycles. The van der Waals surface area contributed by atoms with Crippen molar-refractivity contribution in [1.29, 1.82) is 0 Å². The fourth-order valence-corrected chi connectivity index (χ4v) is 3.68. The van der Waals surface area contributed by atoms with E-state index in [0.29, 0.717) is 18.8 Å². The number of piperazine rings is 1. The average molecular weight is 336 g/mol. The smallest absolute Gasteiger partial charge is 0.369 e. The Balaban J connectivity index is 2.36. The fraction of sp³-hybridized carbons (Fsp3) is 0.571. The van der Waals surface area contributed by atoms with Crippen LogP contribution in [-0.4, -0.2) is 51.5 Å². The predicted molar refractivity (Wildman–Crippen MR) is 78.7 cm³/mol. The Morgan fingerprint density at radius 1 is 1.14 bits per heavy atom. The van der Waals surface area contributed by atoms with E-state index < -0.39 is 20.2 Å². The molecule has 0 unspecified atom stereocenters. The van der Waals surface area contributed by atoms with Gasteiger partial charge in [0.2, 0.25) is 0 Å². The van der Waals surface area contributed by atoms with E-state index in [2.05, 4.69) is 11.8 Å². The molecule has 1 aliphatic heterocycles. The Labute approximate surface area is 128 Å². The summed E-state index contributed by atoms with van der Waals surface area (Å²) in [5, 5.41) is 0. The highest BCUT2D eigenvalue weighted by Crippen LogP contribution is 2.35. The van der Waals surface area contributed by atoms with Crippen molar-refractivity contribution in [2.24, 2.45) is 0 Å². The Kier molecular flexibility index (Phi) is 4.72. The molecule has 0 amide bonds.